The Morgan fingerprint density at radius 1 is 1.22 bits per heavy atom. The van der Waals surface area contributed by atoms with Gasteiger partial charge in [0.15, 0.2) is 0 Å². The van der Waals surface area contributed by atoms with E-state index in [1.165, 1.54) is 5.56 Å². The third-order valence-corrected chi connectivity index (χ3v) is 3.99. The van der Waals surface area contributed by atoms with Crippen LogP contribution in [0, 0.1) is 0 Å². The summed E-state index contributed by atoms with van der Waals surface area (Å²) in [5.41, 5.74) is 1.25. The van der Waals surface area contributed by atoms with E-state index >= 15 is 0 Å². The van der Waals surface area contributed by atoms with Crippen LogP contribution in [0.1, 0.15) is 49.5 Å². The minimum atomic E-state index is -0.0432. The number of amides is 1. The zero-order valence-corrected chi connectivity index (χ0v) is 10.6. The Labute approximate surface area is 107 Å². The molecule has 0 spiro atoms. The van der Waals surface area contributed by atoms with Gasteiger partial charge in [-0.15, -0.1) is 0 Å². The molecule has 0 saturated carbocycles. The van der Waals surface area contributed by atoms with Crippen molar-refractivity contribution in [1.82, 2.24) is 10.6 Å². The Morgan fingerprint density at radius 3 is 3.06 bits per heavy atom. The van der Waals surface area contributed by atoms with Crippen LogP contribution in [0.2, 0.25) is 0 Å². The van der Waals surface area contributed by atoms with Crippen LogP contribution in [-0.4, -0.2) is 18.5 Å². The molecule has 2 heterocycles. The Hall–Kier alpha value is -1.29. The van der Waals surface area contributed by atoms with Gasteiger partial charge in [0.2, 0.25) is 5.91 Å². The number of hydrogen-bond acceptors (Lipinski definition) is 3. The smallest absolute Gasteiger partial charge is 0.237 e. The van der Waals surface area contributed by atoms with Gasteiger partial charge < -0.3 is 9.73 Å². The monoisotopic (exact) mass is 248 g/mol. The molecular weight excluding hydrogens is 228 g/mol. The van der Waals surface area contributed by atoms with Crippen LogP contribution in [0.3, 0.4) is 0 Å². The molecule has 1 aromatic heterocycles. The highest BCUT2D eigenvalue weighted by Crippen LogP contribution is 2.31. The quantitative estimate of drug-likeness (QED) is 0.840. The summed E-state index contributed by atoms with van der Waals surface area (Å²) in [6.07, 6.45) is 8.15. The number of carbonyl (C=O) groups is 1. The average molecular weight is 248 g/mol. The first kappa shape index (κ1) is 11.8. The van der Waals surface area contributed by atoms with Crippen molar-refractivity contribution in [3.63, 3.8) is 0 Å². The third-order valence-electron chi connectivity index (χ3n) is 3.99. The number of carbonyl (C=O) groups excluding carboxylic acids is 1. The van der Waals surface area contributed by atoms with Gasteiger partial charge in [0, 0.05) is 24.6 Å². The van der Waals surface area contributed by atoms with Crippen LogP contribution in [0.4, 0.5) is 0 Å². The van der Waals surface area contributed by atoms with Crippen molar-refractivity contribution >= 4 is 5.91 Å². The Bertz CT molecular complexity index is 427. The van der Waals surface area contributed by atoms with Crippen molar-refractivity contribution < 1.29 is 9.21 Å². The lowest BCUT2D eigenvalue weighted by Gasteiger charge is -2.26. The number of nitrogens with one attached hydrogen (secondary N) is 2. The van der Waals surface area contributed by atoms with Crippen molar-refractivity contribution in [2.45, 2.75) is 50.6 Å². The summed E-state index contributed by atoms with van der Waals surface area (Å²) in [7, 11) is 0. The molecule has 1 saturated heterocycles. The van der Waals surface area contributed by atoms with E-state index in [0.29, 0.717) is 0 Å². The predicted octanol–water partition coefficient (Wildman–Crippen LogP) is 1.92. The number of furan rings is 1. The lowest BCUT2D eigenvalue weighted by molar-refractivity contribution is -0.123. The number of aryl methyl sites for hydroxylation is 1. The molecule has 2 aliphatic rings. The molecule has 1 aliphatic carbocycles. The summed E-state index contributed by atoms with van der Waals surface area (Å²) in [5, 5.41) is 6.49. The van der Waals surface area contributed by atoms with Gasteiger partial charge in [-0.25, -0.2) is 0 Å². The van der Waals surface area contributed by atoms with Gasteiger partial charge in [0.25, 0.3) is 0 Å². The van der Waals surface area contributed by atoms with Gasteiger partial charge in [0.05, 0.1) is 12.3 Å². The van der Waals surface area contributed by atoms with E-state index in [0.717, 1.165) is 50.8 Å². The molecule has 1 aromatic rings. The molecule has 0 bridgehead atoms. The summed E-state index contributed by atoms with van der Waals surface area (Å²) >= 11 is 0. The second-order valence-corrected chi connectivity index (χ2v) is 5.25. The first-order chi connectivity index (χ1) is 8.84. The van der Waals surface area contributed by atoms with E-state index in [4.69, 9.17) is 4.42 Å². The van der Waals surface area contributed by atoms with Gasteiger partial charge in [-0.05, 0) is 38.2 Å². The molecule has 3 rings (SSSR count). The maximum atomic E-state index is 11.9. The Balaban J connectivity index is 1.71. The number of rotatable bonds is 2. The maximum absolute atomic E-state index is 11.9. The Kier molecular flexibility index (Phi) is 3.37. The molecule has 1 aliphatic heterocycles. The van der Waals surface area contributed by atoms with Crippen LogP contribution in [0.15, 0.2) is 16.7 Å². The summed E-state index contributed by atoms with van der Waals surface area (Å²) in [6, 6.07) is 2.28. The highest BCUT2D eigenvalue weighted by atomic mass is 16.3. The van der Waals surface area contributed by atoms with Gasteiger partial charge >= 0.3 is 0 Å². The predicted molar refractivity (Wildman–Crippen MR) is 68.2 cm³/mol. The lowest BCUT2D eigenvalue weighted by Crippen LogP contribution is -2.44. The van der Waals surface area contributed by atoms with Crippen molar-refractivity contribution in [3.8, 4) is 0 Å². The largest absolute Gasteiger partial charge is 0.469 e. The van der Waals surface area contributed by atoms with E-state index < -0.39 is 0 Å². The second-order valence-electron chi connectivity index (χ2n) is 5.25. The van der Waals surface area contributed by atoms with E-state index in [2.05, 4.69) is 10.6 Å². The topological polar surface area (TPSA) is 54.3 Å². The molecule has 18 heavy (non-hydrogen) atoms. The highest BCUT2D eigenvalue weighted by Gasteiger charge is 2.28. The van der Waals surface area contributed by atoms with Crippen LogP contribution in [-0.2, 0) is 11.2 Å². The zero-order chi connectivity index (χ0) is 12.4. The van der Waals surface area contributed by atoms with Crippen LogP contribution in [0.25, 0.3) is 0 Å². The number of hydrogen-bond donors (Lipinski definition) is 2. The van der Waals surface area contributed by atoms with Crippen molar-refractivity contribution in [3.05, 3.63) is 23.7 Å². The fraction of sp³-hybridized carbons (Fsp3) is 0.643. The summed E-state index contributed by atoms with van der Waals surface area (Å²) in [5.74, 6) is 1.25. The number of fused-ring (bicyclic) bond motifs is 1. The van der Waals surface area contributed by atoms with Gasteiger partial charge in [-0.3, -0.25) is 10.1 Å². The molecule has 4 heteroatoms. The van der Waals surface area contributed by atoms with Gasteiger partial charge in [-0.1, -0.05) is 0 Å². The van der Waals surface area contributed by atoms with Crippen molar-refractivity contribution in [1.29, 1.82) is 0 Å². The average Bonchev–Trinajstić information content (AvgIpc) is 2.77. The molecule has 4 nitrogen and oxygen atoms in total. The maximum Gasteiger partial charge on any atom is 0.237 e. The molecule has 1 fully saturated rings. The molecule has 0 radical (unpaired) electrons. The normalized spacial score (nSPS) is 28.3. The highest BCUT2D eigenvalue weighted by molar-refractivity contribution is 5.82. The SMILES string of the molecule is O=C1NCCCCC1NC1CCCc2occc21. The fourth-order valence-electron chi connectivity index (χ4n) is 3.00. The lowest BCUT2D eigenvalue weighted by atomic mass is 9.92. The van der Waals surface area contributed by atoms with Crippen LogP contribution >= 0.6 is 0 Å². The summed E-state index contributed by atoms with van der Waals surface area (Å²) < 4.78 is 5.49. The molecule has 0 aromatic carbocycles. The minimum absolute atomic E-state index is 0.0432. The van der Waals surface area contributed by atoms with E-state index in [1.807, 2.05) is 6.07 Å². The van der Waals surface area contributed by atoms with Gasteiger partial charge in [0.1, 0.15) is 5.76 Å². The second kappa shape index (κ2) is 5.14. The zero-order valence-electron chi connectivity index (χ0n) is 10.6. The van der Waals surface area contributed by atoms with Gasteiger partial charge in [-0.2, -0.15) is 0 Å². The van der Waals surface area contributed by atoms with Crippen LogP contribution < -0.4 is 10.6 Å². The van der Waals surface area contributed by atoms with E-state index in [9.17, 15) is 4.79 Å². The molecule has 98 valence electrons. The third kappa shape index (κ3) is 2.29. The van der Waals surface area contributed by atoms with E-state index in [-0.39, 0.29) is 18.0 Å². The molecule has 2 N–H and O–H groups in total. The molecule has 1 amide bonds. The molecular formula is C14H20N2O2. The molecule has 2 unspecified atom stereocenters. The first-order valence-electron chi connectivity index (χ1n) is 6.94. The van der Waals surface area contributed by atoms with Crippen molar-refractivity contribution in [2.75, 3.05) is 6.54 Å². The molecule has 2 atom stereocenters. The standard InChI is InChI=1S/C14H20N2O2/c17-14-12(4-1-2-8-15-14)16-11-5-3-6-13-10(11)7-9-18-13/h7,9,11-12,16H,1-6,8H2,(H,15,17). The minimum Gasteiger partial charge on any atom is -0.469 e. The summed E-state index contributed by atoms with van der Waals surface area (Å²) in [4.78, 5) is 11.9. The first-order valence-corrected chi connectivity index (χ1v) is 6.94. The van der Waals surface area contributed by atoms with Crippen molar-refractivity contribution in [2.24, 2.45) is 0 Å². The summed E-state index contributed by atoms with van der Waals surface area (Å²) in [6.45, 7) is 0.818. The van der Waals surface area contributed by atoms with Crippen LogP contribution in [0.5, 0.6) is 0 Å². The Morgan fingerprint density at radius 2 is 2.11 bits per heavy atom. The van der Waals surface area contributed by atoms with E-state index in [1.54, 1.807) is 6.26 Å². The fourth-order valence-corrected chi connectivity index (χ4v) is 3.00.